The van der Waals surface area contributed by atoms with Crippen molar-refractivity contribution in [2.24, 2.45) is 4.36 Å². The Hall–Kier alpha value is -2.36. The lowest BCUT2D eigenvalue weighted by molar-refractivity contribution is -0.384. The van der Waals surface area contributed by atoms with Gasteiger partial charge in [0.25, 0.3) is 15.7 Å². The van der Waals surface area contributed by atoms with Gasteiger partial charge in [0.05, 0.1) is 15.5 Å². The van der Waals surface area contributed by atoms with Crippen molar-refractivity contribution in [1.82, 2.24) is 3.71 Å². The summed E-state index contributed by atoms with van der Waals surface area (Å²) in [5.74, 6) is 0.473. The highest BCUT2D eigenvalue weighted by atomic mass is 32.3. The first-order valence-corrected chi connectivity index (χ1v) is 10.9. The number of nitrogens with zero attached hydrogens (tertiary/aromatic N) is 3. The second-order valence-electron chi connectivity index (χ2n) is 6.19. The van der Waals surface area contributed by atoms with Gasteiger partial charge in [-0.3, -0.25) is 10.1 Å². The molecule has 0 bridgehead atoms. The van der Waals surface area contributed by atoms with E-state index in [1.165, 1.54) is 15.8 Å². The molecule has 0 aliphatic carbocycles. The standard InChI is InChI=1S/C18H19N3O4S2/c1-14-12-20(27(24,25)18-9-4-3-5-10-18)26(13-15(14)2)19-16-7-6-8-17(11-16)21(22)23/h3-11H,12-13H2,1-2H3/t26-/m0/s1. The van der Waals surface area contributed by atoms with Crippen LogP contribution in [-0.2, 0) is 20.9 Å². The van der Waals surface area contributed by atoms with Crippen molar-refractivity contribution in [3.63, 3.8) is 0 Å². The Morgan fingerprint density at radius 3 is 2.44 bits per heavy atom. The Morgan fingerprint density at radius 2 is 1.78 bits per heavy atom. The first-order valence-electron chi connectivity index (χ1n) is 8.19. The van der Waals surface area contributed by atoms with Crippen LogP contribution in [0.2, 0.25) is 0 Å². The Kier molecular flexibility index (Phi) is 5.54. The maximum absolute atomic E-state index is 13.2. The summed E-state index contributed by atoms with van der Waals surface area (Å²) in [5.41, 5.74) is 2.41. The van der Waals surface area contributed by atoms with E-state index in [-0.39, 0.29) is 17.1 Å². The molecule has 1 aliphatic heterocycles. The lowest BCUT2D eigenvalue weighted by atomic mass is 10.2. The number of sulfonamides is 1. The normalized spacial score (nSPS) is 18.7. The highest BCUT2D eigenvalue weighted by Crippen LogP contribution is 2.29. The second kappa shape index (κ2) is 7.71. The van der Waals surface area contributed by atoms with E-state index >= 15 is 0 Å². The monoisotopic (exact) mass is 405 g/mol. The molecule has 0 saturated heterocycles. The Balaban J connectivity index is 2.09. The minimum atomic E-state index is -3.73. The van der Waals surface area contributed by atoms with Crippen molar-refractivity contribution in [3.8, 4) is 0 Å². The molecule has 0 unspecified atom stereocenters. The Bertz CT molecular complexity index is 1050. The molecule has 0 N–H and O–H groups in total. The molecule has 142 valence electrons. The van der Waals surface area contributed by atoms with Crippen LogP contribution in [0.25, 0.3) is 0 Å². The van der Waals surface area contributed by atoms with Gasteiger partial charge in [-0.05, 0) is 42.9 Å². The van der Waals surface area contributed by atoms with Crippen molar-refractivity contribution in [2.75, 3.05) is 12.3 Å². The third-order valence-corrected chi connectivity index (χ3v) is 8.59. The van der Waals surface area contributed by atoms with E-state index < -0.39 is 25.8 Å². The highest BCUT2D eigenvalue weighted by Gasteiger charge is 2.31. The Morgan fingerprint density at radius 1 is 1.07 bits per heavy atom. The average molecular weight is 406 g/mol. The molecule has 0 radical (unpaired) electrons. The van der Waals surface area contributed by atoms with E-state index in [2.05, 4.69) is 4.36 Å². The number of hydrogen-bond acceptors (Lipinski definition) is 5. The van der Waals surface area contributed by atoms with Crippen LogP contribution in [0.15, 0.2) is 75.0 Å². The second-order valence-corrected chi connectivity index (χ2v) is 9.88. The molecule has 3 rings (SSSR count). The van der Waals surface area contributed by atoms with Crippen molar-refractivity contribution in [3.05, 3.63) is 75.9 Å². The minimum absolute atomic E-state index is 0.0715. The third-order valence-electron chi connectivity index (χ3n) is 4.24. The molecule has 2 aromatic carbocycles. The van der Waals surface area contributed by atoms with E-state index in [0.717, 1.165) is 11.1 Å². The van der Waals surface area contributed by atoms with Crippen molar-refractivity contribution >= 4 is 32.3 Å². The smallest absolute Gasteiger partial charge is 0.258 e. The fourth-order valence-corrected chi connectivity index (χ4v) is 6.72. The van der Waals surface area contributed by atoms with Gasteiger partial charge >= 0.3 is 0 Å². The number of nitro groups is 1. The van der Waals surface area contributed by atoms with Crippen molar-refractivity contribution in [2.45, 2.75) is 18.7 Å². The molecule has 9 heteroatoms. The molecule has 27 heavy (non-hydrogen) atoms. The van der Waals surface area contributed by atoms with Gasteiger partial charge in [-0.25, -0.2) is 12.8 Å². The SMILES string of the molecule is CC1=C(C)C[S@@](=Nc2cccc([N+](=O)[O-])c2)N(S(=O)(=O)c2ccccc2)C1. The zero-order valence-corrected chi connectivity index (χ0v) is 16.5. The van der Waals surface area contributed by atoms with Crippen LogP contribution in [-0.4, -0.2) is 29.3 Å². The number of benzene rings is 2. The summed E-state index contributed by atoms with van der Waals surface area (Å²) < 4.78 is 32.3. The predicted molar refractivity (Wildman–Crippen MR) is 106 cm³/mol. The summed E-state index contributed by atoms with van der Waals surface area (Å²) in [7, 11) is -4.72. The molecular formula is C18H19N3O4S2. The third kappa shape index (κ3) is 4.15. The van der Waals surface area contributed by atoms with E-state index in [1.54, 1.807) is 42.5 Å². The van der Waals surface area contributed by atoms with E-state index in [0.29, 0.717) is 11.4 Å². The molecule has 7 nitrogen and oxygen atoms in total. The molecule has 0 saturated carbocycles. The van der Waals surface area contributed by atoms with Crippen LogP contribution >= 0.6 is 0 Å². The largest absolute Gasteiger partial charge is 0.271 e. The number of non-ortho nitro benzene ring substituents is 1. The van der Waals surface area contributed by atoms with Crippen LogP contribution in [0.5, 0.6) is 0 Å². The molecule has 1 aliphatic rings. The topological polar surface area (TPSA) is 92.9 Å². The lowest BCUT2D eigenvalue weighted by Crippen LogP contribution is -2.38. The zero-order valence-electron chi connectivity index (χ0n) is 14.9. The van der Waals surface area contributed by atoms with Gasteiger partial charge in [0.15, 0.2) is 0 Å². The predicted octanol–water partition coefficient (Wildman–Crippen LogP) is 3.98. The first kappa shape index (κ1) is 19.4. The van der Waals surface area contributed by atoms with Gasteiger partial charge in [0.2, 0.25) is 0 Å². The van der Waals surface area contributed by atoms with Crippen LogP contribution in [0.3, 0.4) is 0 Å². The van der Waals surface area contributed by atoms with Crippen LogP contribution in [0.4, 0.5) is 11.4 Å². The maximum atomic E-state index is 13.2. The molecule has 0 fully saturated rings. The Labute approximate surface area is 160 Å². The number of hydrogen-bond donors (Lipinski definition) is 0. The van der Waals surface area contributed by atoms with Gasteiger partial charge in [0, 0.05) is 24.4 Å². The number of rotatable bonds is 4. The molecule has 2 aromatic rings. The number of nitro benzene ring substituents is 1. The molecule has 0 amide bonds. The fraction of sp³-hybridized carbons (Fsp3) is 0.222. The van der Waals surface area contributed by atoms with Crippen molar-refractivity contribution in [1.29, 1.82) is 0 Å². The summed E-state index contributed by atoms with van der Waals surface area (Å²) in [4.78, 5) is 10.7. The molecule has 0 aromatic heterocycles. The van der Waals surface area contributed by atoms with Crippen LogP contribution in [0.1, 0.15) is 13.8 Å². The summed E-state index contributed by atoms with van der Waals surface area (Å²) in [5, 5.41) is 11.0. The summed E-state index contributed by atoms with van der Waals surface area (Å²) in [6.07, 6.45) is 0. The van der Waals surface area contributed by atoms with Gasteiger partial charge in [-0.1, -0.05) is 35.4 Å². The van der Waals surface area contributed by atoms with E-state index in [1.807, 2.05) is 13.8 Å². The molecular weight excluding hydrogens is 386 g/mol. The lowest BCUT2D eigenvalue weighted by Gasteiger charge is -2.30. The molecule has 0 spiro atoms. The first-order chi connectivity index (χ1) is 12.8. The van der Waals surface area contributed by atoms with Crippen LogP contribution in [0, 0.1) is 10.1 Å². The highest BCUT2D eigenvalue weighted by molar-refractivity contribution is 8.02. The van der Waals surface area contributed by atoms with E-state index in [9.17, 15) is 18.5 Å². The van der Waals surface area contributed by atoms with Crippen molar-refractivity contribution < 1.29 is 13.3 Å². The van der Waals surface area contributed by atoms with Gasteiger partial charge in [-0.2, -0.15) is 0 Å². The molecule has 1 atom stereocenters. The fourth-order valence-electron chi connectivity index (χ4n) is 2.56. The van der Waals surface area contributed by atoms with Crippen LogP contribution < -0.4 is 0 Å². The quantitative estimate of drug-likeness (QED) is 0.437. The van der Waals surface area contributed by atoms with Gasteiger partial charge < -0.3 is 0 Å². The molecule has 1 heterocycles. The average Bonchev–Trinajstić information content (AvgIpc) is 2.65. The zero-order chi connectivity index (χ0) is 19.6. The van der Waals surface area contributed by atoms with Gasteiger partial charge in [-0.15, -0.1) is 3.71 Å². The summed E-state index contributed by atoms with van der Waals surface area (Å²) in [6, 6.07) is 14.2. The summed E-state index contributed by atoms with van der Waals surface area (Å²) in [6.45, 7) is 4.13. The van der Waals surface area contributed by atoms with E-state index in [4.69, 9.17) is 0 Å². The van der Waals surface area contributed by atoms with Gasteiger partial charge in [0.1, 0.15) is 0 Å². The minimum Gasteiger partial charge on any atom is -0.258 e. The summed E-state index contributed by atoms with van der Waals surface area (Å²) >= 11 is 0. The maximum Gasteiger partial charge on any atom is 0.271 e.